The van der Waals surface area contributed by atoms with Crippen LogP contribution in [-0.2, 0) is 17.8 Å². The maximum atomic E-state index is 12.5. The number of benzene rings is 1. The van der Waals surface area contributed by atoms with E-state index in [1.807, 2.05) is 37.8 Å². The fourth-order valence-corrected chi connectivity index (χ4v) is 2.83. The van der Waals surface area contributed by atoms with Crippen LogP contribution in [0.1, 0.15) is 31.9 Å². The molecule has 1 aromatic rings. The molecule has 1 aliphatic rings. The Morgan fingerprint density at radius 3 is 2.65 bits per heavy atom. The van der Waals surface area contributed by atoms with E-state index < -0.39 is 6.04 Å². The Bertz CT molecular complexity index is 499. The number of hydrogen-bond acceptors (Lipinski definition) is 2. The number of carbonyl (C=O) groups is 1. The van der Waals surface area contributed by atoms with Crippen molar-refractivity contribution in [1.82, 2.24) is 4.90 Å². The first kappa shape index (κ1) is 17.5. The van der Waals surface area contributed by atoms with Gasteiger partial charge in [0, 0.05) is 17.6 Å². The number of carbonyl (C=O) groups excluding carboxylic acids is 1. The average molecular weight is 362 g/mol. The Morgan fingerprint density at radius 1 is 1.40 bits per heavy atom. The number of nitrogens with zero attached hydrogens (tertiary/aromatic N) is 1. The van der Waals surface area contributed by atoms with Crippen LogP contribution in [0.3, 0.4) is 0 Å². The fraction of sp³-hybridized carbons (Fsp3) is 0.533. The van der Waals surface area contributed by atoms with E-state index in [4.69, 9.17) is 5.73 Å². The highest BCUT2D eigenvalue weighted by Crippen LogP contribution is 2.28. The number of amides is 1. The summed E-state index contributed by atoms with van der Waals surface area (Å²) in [7, 11) is 0. The first-order chi connectivity index (χ1) is 8.80. The van der Waals surface area contributed by atoms with Gasteiger partial charge >= 0.3 is 0 Å². The molecule has 2 N–H and O–H groups in total. The Morgan fingerprint density at radius 2 is 2.05 bits per heavy atom. The molecule has 0 unspecified atom stereocenters. The van der Waals surface area contributed by atoms with E-state index in [9.17, 15) is 4.79 Å². The first-order valence-electron chi connectivity index (χ1n) is 6.61. The Labute approximate surface area is 135 Å². The van der Waals surface area contributed by atoms with E-state index in [0.717, 1.165) is 17.4 Å². The minimum Gasteiger partial charge on any atom is -0.337 e. The molecular weight excluding hydrogens is 340 g/mol. The zero-order valence-electron chi connectivity index (χ0n) is 12.1. The van der Waals surface area contributed by atoms with Gasteiger partial charge in [-0.1, -0.05) is 48.8 Å². The number of rotatable bonds is 1. The monoisotopic (exact) mass is 360 g/mol. The summed E-state index contributed by atoms with van der Waals surface area (Å²) in [6.45, 7) is 7.42. The SMILES string of the molecule is CC(C)(C)[C@H](N)C(=O)N1CCc2cccc(Br)c2C1.Cl. The van der Waals surface area contributed by atoms with Crippen molar-refractivity contribution in [1.29, 1.82) is 0 Å². The van der Waals surface area contributed by atoms with Crippen molar-refractivity contribution in [2.45, 2.75) is 39.8 Å². The molecule has 0 aromatic heterocycles. The van der Waals surface area contributed by atoms with Gasteiger partial charge in [-0.2, -0.15) is 0 Å². The van der Waals surface area contributed by atoms with Gasteiger partial charge in [-0.25, -0.2) is 0 Å². The van der Waals surface area contributed by atoms with Crippen molar-refractivity contribution in [2.24, 2.45) is 11.1 Å². The Kier molecular flexibility index (Phi) is 5.64. The van der Waals surface area contributed by atoms with Crippen molar-refractivity contribution in [3.8, 4) is 0 Å². The highest BCUT2D eigenvalue weighted by molar-refractivity contribution is 9.10. The highest BCUT2D eigenvalue weighted by Gasteiger charge is 2.32. The lowest BCUT2D eigenvalue weighted by Gasteiger charge is -2.35. The summed E-state index contributed by atoms with van der Waals surface area (Å²) in [4.78, 5) is 14.3. The summed E-state index contributed by atoms with van der Waals surface area (Å²) in [6.07, 6.45) is 0.900. The molecular formula is C15H22BrClN2O. The summed E-state index contributed by atoms with van der Waals surface area (Å²) in [6, 6.07) is 5.75. The van der Waals surface area contributed by atoms with Crippen LogP contribution in [0, 0.1) is 5.41 Å². The van der Waals surface area contributed by atoms with Crippen LogP contribution < -0.4 is 5.73 Å². The first-order valence-corrected chi connectivity index (χ1v) is 7.40. The topological polar surface area (TPSA) is 46.3 Å². The molecule has 0 saturated heterocycles. The van der Waals surface area contributed by atoms with Gasteiger partial charge in [-0.15, -0.1) is 12.4 Å². The largest absolute Gasteiger partial charge is 0.337 e. The van der Waals surface area contributed by atoms with Gasteiger partial charge in [0.05, 0.1) is 6.04 Å². The lowest BCUT2D eigenvalue weighted by molar-refractivity contribution is -0.135. The van der Waals surface area contributed by atoms with Gasteiger partial charge in [-0.3, -0.25) is 4.79 Å². The molecule has 3 nitrogen and oxygen atoms in total. The summed E-state index contributed by atoms with van der Waals surface area (Å²) < 4.78 is 1.08. The molecule has 1 amide bonds. The number of halogens is 2. The highest BCUT2D eigenvalue weighted by atomic mass is 79.9. The van der Waals surface area contributed by atoms with E-state index in [-0.39, 0.29) is 23.7 Å². The minimum atomic E-state index is -0.448. The second kappa shape index (κ2) is 6.46. The van der Waals surface area contributed by atoms with Crippen LogP contribution in [0.15, 0.2) is 22.7 Å². The van der Waals surface area contributed by atoms with Gasteiger partial charge in [0.1, 0.15) is 0 Å². The maximum Gasteiger partial charge on any atom is 0.240 e. The maximum absolute atomic E-state index is 12.5. The van der Waals surface area contributed by atoms with Crippen molar-refractivity contribution in [2.75, 3.05) is 6.54 Å². The molecule has 1 heterocycles. The van der Waals surface area contributed by atoms with Crippen molar-refractivity contribution in [3.05, 3.63) is 33.8 Å². The number of fused-ring (bicyclic) bond motifs is 1. The third-order valence-electron chi connectivity index (χ3n) is 3.73. The molecule has 2 rings (SSSR count). The third kappa shape index (κ3) is 3.54. The molecule has 1 atom stereocenters. The van der Waals surface area contributed by atoms with E-state index >= 15 is 0 Å². The van der Waals surface area contributed by atoms with Crippen LogP contribution in [-0.4, -0.2) is 23.4 Å². The summed E-state index contributed by atoms with van der Waals surface area (Å²) in [5.74, 6) is 0.0499. The normalized spacial score (nSPS) is 16.1. The van der Waals surface area contributed by atoms with E-state index in [1.54, 1.807) is 0 Å². The molecule has 0 fully saturated rings. The van der Waals surface area contributed by atoms with Gasteiger partial charge in [0.25, 0.3) is 0 Å². The molecule has 1 aromatic carbocycles. The molecule has 5 heteroatoms. The minimum absolute atomic E-state index is 0. The quantitative estimate of drug-likeness (QED) is 0.835. The van der Waals surface area contributed by atoms with Crippen molar-refractivity contribution >= 4 is 34.2 Å². The van der Waals surface area contributed by atoms with E-state index in [2.05, 4.69) is 22.0 Å². The lowest BCUT2D eigenvalue weighted by atomic mass is 9.86. The van der Waals surface area contributed by atoms with Crippen LogP contribution in [0.4, 0.5) is 0 Å². The smallest absolute Gasteiger partial charge is 0.240 e. The lowest BCUT2D eigenvalue weighted by Crippen LogP contribution is -2.51. The van der Waals surface area contributed by atoms with Gasteiger partial charge in [-0.05, 0) is 29.0 Å². The molecule has 20 heavy (non-hydrogen) atoms. The number of hydrogen-bond donors (Lipinski definition) is 1. The van der Waals surface area contributed by atoms with Gasteiger partial charge < -0.3 is 10.6 Å². The second-order valence-corrected chi connectivity index (χ2v) is 7.09. The molecule has 0 aliphatic carbocycles. The fourth-order valence-electron chi connectivity index (χ4n) is 2.30. The predicted octanol–water partition coefficient (Wildman–Crippen LogP) is 3.13. The molecule has 112 valence electrons. The van der Waals surface area contributed by atoms with Crippen molar-refractivity contribution in [3.63, 3.8) is 0 Å². The predicted molar refractivity (Wildman–Crippen MR) is 87.9 cm³/mol. The Hall–Kier alpha value is -0.580. The van der Waals surface area contributed by atoms with Crippen molar-refractivity contribution < 1.29 is 4.79 Å². The summed E-state index contributed by atoms with van der Waals surface area (Å²) in [5, 5.41) is 0. The third-order valence-corrected chi connectivity index (χ3v) is 4.47. The average Bonchev–Trinajstić information content (AvgIpc) is 2.36. The zero-order chi connectivity index (χ0) is 14.2. The summed E-state index contributed by atoms with van der Waals surface area (Å²) >= 11 is 3.57. The molecule has 0 radical (unpaired) electrons. The van der Waals surface area contributed by atoms with Crippen LogP contribution >= 0.6 is 28.3 Å². The molecule has 0 bridgehead atoms. The van der Waals surface area contributed by atoms with E-state index in [1.165, 1.54) is 11.1 Å². The van der Waals surface area contributed by atoms with Crippen LogP contribution in [0.25, 0.3) is 0 Å². The zero-order valence-corrected chi connectivity index (χ0v) is 14.6. The Balaban J connectivity index is 0.00000200. The van der Waals surface area contributed by atoms with Gasteiger partial charge in [0.2, 0.25) is 5.91 Å². The van der Waals surface area contributed by atoms with E-state index in [0.29, 0.717) is 6.54 Å². The number of nitrogens with two attached hydrogens (primary N) is 1. The standard InChI is InChI=1S/C15H21BrN2O.ClH/c1-15(2,3)13(17)14(19)18-8-7-10-5-4-6-12(16)11(10)9-18;/h4-6,13H,7-9,17H2,1-3H3;1H/t13-;/m1./s1. The molecule has 0 spiro atoms. The molecule has 0 saturated carbocycles. The molecule has 1 aliphatic heterocycles. The van der Waals surface area contributed by atoms with Crippen LogP contribution in [0.5, 0.6) is 0 Å². The second-order valence-electron chi connectivity index (χ2n) is 6.23. The van der Waals surface area contributed by atoms with Gasteiger partial charge in [0.15, 0.2) is 0 Å². The summed E-state index contributed by atoms with van der Waals surface area (Å²) in [5.41, 5.74) is 8.41. The van der Waals surface area contributed by atoms with Crippen LogP contribution in [0.2, 0.25) is 0 Å².